The molecule has 0 saturated carbocycles. The average Bonchev–Trinajstić information content (AvgIpc) is 3.26. The molecular weight excluding hydrogens is 551 g/mol. The Bertz CT molecular complexity index is 1320. The molecule has 1 aromatic heterocycles. The molecule has 0 aliphatic carbocycles. The quantitative estimate of drug-likeness (QED) is 0.334. The Morgan fingerprint density at radius 1 is 1.22 bits per heavy atom. The molecule has 1 aliphatic rings. The number of benzene rings is 2. The Hall–Kier alpha value is -2.64. The van der Waals surface area contributed by atoms with Crippen molar-refractivity contribution in [3.05, 3.63) is 59.0 Å². The zero-order valence-corrected chi connectivity index (χ0v) is 23.9. The first kappa shape index (κ1) is 30.6. The average molecular weight is 580 g/mol. The first-order valence-corrected chi connectivity index (χ1v) is 11.8. The molecule has 2 atom stereocenters. The van der Waals surface area contributed by atoms with Gasteiger partial charge in [0.2, 0.25) is 5.91 Å². The maximum absolute atomic E-state index is 12.2. The predicted octanol–water partition coefficient (Wildman–Crippen LogP) is 5.71. The van der Waals surface area contributed by atoms with Gasteiger partial charge in [0.05, 0.1) is 42.3 Å². The summed E-state index contributed by atoms with van der Waals surface area (Å²) in [4.78, 5) is 23.2. The number of amides is 1. The van der Waals surface area contributed by atoms with E-state index >= 15 is 0 Å². The molecule has 1 amide bonds. The molecule has 37 heavy (non-hydrogen) atoms. The van der Waals surface area contributed by atoms with E-state index in [1.165, 1.54) is 20.3 Å². The topological polar surface area (TPSA) is 88.3 Å². The normalized spacial score (nSPS) is 16.4. The molecule has 2 heterocycles. The fraction of sp³-hybridized carbons (Fsp3) is 0.308. The van der Waals surface area contributed by atoms with E-state index in [0.717, 1.165) is 22.9 Å². The van der Waals surface area contributed by atoms with Crippen LogP contribution < -0.4 is 9.47 Å². The Labute approximate surface area is 240 Å². The van der Waals surface area contributed by atoms with Gasteiger partial charge in [0.15, 0.2) is 0 Å². The van der Waals surface area contributed by atoms with Crippen molar-refractivity contribution in [2.75, 3.05) is 20.8 Å². The molecule has 4 rings (SSSR count). The van der Waals surface area contributed by atoms with Crippen LogP contribution in [-0.2, 0) is 11.2 Å². The third kappa shape index (κ3) is 6.27. The summed E-state index contributed by atoms with van der Waals surface area (Å²) in [6.45, 7) is 4.13. The van der Waals surface area contributed by atoms with Gasteiger partial charge in [0.25, 0.3) is 0 Å². The van der Waals surface area contributed by atoms with E-state index in [0.29, 0.717) is 52.3 Å². The number of rotatable bonds is 7. The summed E-state index contributed by atoms with van der Waals surface area (Å²) in [6.07, 6.45) is 4.73. The van der Waals surface area contributed by atoms with Crippen LogP contribution in [0.2, 0.25) is 10.0 Å². The fourth-order valence-corrected chi connectivity index (χ4v) is 5.29. The Kier molecular flexibility index (Phi) is 10.9. The first-order valence-electron chi connectivity index (χ1n) is 11.1. The monoisotopic (exact) mass is 578 g/mol. The van der Waals surface area contributed by atoms with Gasteiger partial charge in [0.1, 0.15) is 17.3 Å². The predicted molar refractivity (Wildman–Crippen MR) is 157 cm³/mol. The van der Waals surface area contributed by atoms with Crippen LogP contribution in [-0.4, -0.2) is 47.6 Å². The van der Waals surface area contributed by atoms with Crippen LogP contribution in [0.5, 0.6) is 11.5 Å². The molecule has 0 bridgehead atoms. The number of ether oxygens (including phenoxy) is 2. The minimum Gasteiger partial charge on any atom is -0.495 e. The molecule has 0 spiro atoms. The van der Waals surface area contributed by atoms with Crippen LogP contribution in [0.25, 0.3) is 22.0 Å². The van der Waals surface area contributed by atoms with Crippen LogP contribution in [0.4, 0.5) is 0 Å². The van der Waals surface area contributed by atoms with Gasteiger partial charge in [-0.25, -0.2) is 9.97 Å². The molecular formula is C26H28Cl2N4O3S2. The first-order chi connectivity index (χ1) is 16.9. The van der Waals surface area contributed by atoms with Gasteiger partial charge < -0.3 is 14.4 Å². The van der Waals surface area contributed by atoms with Crippen molar-refractivity contribution in [2.24, 2.45) is 5.92 Å². The minimum atomic E-state index is -0.147. The van der Waals surface area contributed by atoms with Gasteiger partial charge in [0, 0.05) is 42.2 Å². The van der Waals surface area contributed by atoms with E-state index < -0.39 is 0 Å². The zero-order valence-electron chi connectivity index (χ0n) is 20.4. The third-order valence-electron chi connectivity index (χ3n) is 6.25. The minimum absolute atomic E-state index is 0. The summed E-state index contributed by atoms with van der Waals surface area (Å²) in [5, 5.41) is 10.7. The van der Waals surface area contributed by atoms with Gasteiger partial charge in [-0.05, 0) is 36.1 Å². The standard InChI is InChI=1S/C26H24Cl2N4O3.2H2S/c1-4-23(33)32-14-15(9-18(32)7-8-29)10-22-30-13-17-11-16(5-6-19(17)31-22)24-25(27)20(34-2)12-21(35-3)26(24)28;;/h4-6,11-13,15,18H,1,7,9-10,14H2,2-3H3;2*1H2/t15-,18-;;/m1../s1. The second kappa shape index (κ2) is 13.2. The number of hydrogen-bond acceptors (Lipinski definition) is 6. The van der Waals surface area contributed by atoms with E-state index in [1.807, 2.05) is 18.2 Å². The van der Waals surface area contributed by atoms with E-state index in [2.05, 4.69) is 17.6 Å². The highest BCUT2D eigenvalue weighted by Crippen LogP contribution is 2.46. The van der Waals surface area contributed by atoms with Crippen LogP contribution in [0, 0.1) is 17.2 Å². The second-order valence-corrected chi connectivity index (χ2v) is 9.12. The van der Waals surface area contributed by atoms with Crippen molar-refractivity contribution < 1.29 is 14.3 Å². The maximum Gasteiger partial charge on any atom is 0.246 e. The number of aromatic nitrogens is 2. The maximum atomic E-state index is 12.2. The number of methoxy groups -OCH3 is 2. The third-order valence-corrected chi connectivity index (χ3v) is 7.00. The molecule has 3 aromatic rings. The summed E-state index contributed by atoms with van der Waals surface area (Å²) < 4.78 is 10.8. The fourth-order valence-electron chi connectivity index (χ4n) is 4.57. The molecule has 11 heteroatoms. The van der Waals surface area contributed by atoms with Crippen LogP contribution in [0.1, 0.15) is 18.7 Å². The lowest BCUT2D eigenvalue weighted by Gasteiger charge is -2.20. The highest BCUT2D eigenvalue weighted by atomic mass is 35.5. The number of carbonyl (C=O) groups excluding carboxylic acids is 1. The van der Waals surface area contributed by atoms with Crippen molar-refractivity contribution in [1.29, 1.82) is 5.26 Å². The van der Waals surface area contributed by atoms with Crippen molar-refractivity contribution in [3.8, 4) is 28.7 Å². The van der Waals surface area contributed by atoms with Crippen LogP contribution in [0.15, 0.2) is 43.1 Å². The molecule has 1 fully saturated rings. The Balaban J connectivity index is 0.00000241. The van der Waals surface area contributed by atoms with Crippen molar-refractivity contribution in [2.45, 2.75) is 25.3 Å². The highest BCUT2D eigenvalue weighted by molar-refractivity contribution is 7.59. The number of fused-ring (bicyclic) bond motifs is 1. The molecule has 1 saturated heterocycles. The van der Waals surface area contributed by atoms with Crippen LogP contribution in [0.3, 0.4) is 0 Å². The molecule has 1 aliphatic heterocycles. The lowest BCUT2D eigenvalue weighted by molar-refractivity contribution is -0.126. The summed E-state index contributed by atoms with van der Waals surface area (Å²) in [7, 11) is 3.07. The lowest BCUT2D eigenvalue weighted by atomic mass is 10.00. The van der Waals surface area contributed by atoms with Crippen molar-refractivity contribution in [1.82, 2.24) is 14.9 Å². The second-order valence-electron chi connectivity index (χ2n) is 8.36. The molecule has 0 unspecified atom stereocenters. The number of halogens is 2. The number of hydrogen-bond donors (Lipinski definition) is 0. The molecule has 0 radical (unpaired) electrons. The zero-order chi connectivity index (χ0) is 25.1. The van der Waals surface area contributed by atoms with Crippen molar-refractivity contribution in [3.63, 3.8) is 0 Å². The highest BCUT2D eigenvalue weighted by Gasteiger charge is 2.34. The molecule has 7 nitrogen and oxygen atoms in total. The van der Waals surface area contributed by atoms with Gasteiger partial charge in [-0.2, -0.15) is 32.3 Å². The van der Waals surface area contributed by atoms with Crippen LogP contribution >= 0.6 is 50.2 Å². The molecule has 196 valence electrons. The lowest BCUT2D eigenvalue weighted by Crippen LogP contribution is -2.34. The van der Waals surface area contributed by atoms with Gasteiger partial charge in [-0.3, -0.25) is 4.79 Å². The Morgan fingerprint density at radius 2 is 1.89 bits per heavy atom. The molecule has 2 aromatic carbocycles. The number of nitrogens with zero attached hydrogens (tertiary/aromatic N) is 4. The number of nitriles is 1. The molecule has 0 N–H and O–H groups in total. The van der Waals surface area contributed by atoms with Gasteiger partial charge in [-0.1, -0.05) is 35.8 Å². The van der Waals surface area contributed by atoms with E-state index in [-0.39, 0.29) is 44.9 Å². The summed E-state index contributed by atoms with van der Waals surface area (Å²) in [5.74, 6) is 1.65. The van der Waals surface area contributed by atoms with Crippen molar-refractivity contribution >= 4 is 67.0 Å². The number of carbonyl (C=O) groups is 1. The van der Waals surface area contributed by atoms with E-state index in [1.54, 1.807) is 17.2 Å². The van der Waals surface area contributed by atoms with Gasteiger partial charge in [-0.15, -0.1) is 0 Å². The summed E-state index contributed by atoms with van der Waals surface area (Å²) >= 11 is 13.2. The smallest absolute Gasteiger partial charge is 0.246 e. The Morgan fingerprint density at radius 3 is 2.49 bits per heavy atom. The SMILES string of the molecule is C=CC(=O)N1C[C@@H](Cc2ncc3cc(-c4c(Cl)c(OC)cc(OC)c4Cl)ccc3n2)C[C@H]1CC#N.S.S. The number of likely N-dealkylation sites (tertiary alicyclic amines) is 1. The summed E-state index contributed by atoms with van der Waals surface area (Å²) in [5.41, 5.74) is 2.18. The van der Waals surface area contributed by atoms with E-state index in [9.17, 15) is 4.79 Å². The summed E-state index contributed by atoms with van der Waals surface area (Å²) in [6, 6.07) is 9.44. The van der Waals surface area contributed by atoms with E-state index in [4.69, 9.17) is 42.9 Å². The largest absolute Gasteiger partial charge is 0.495 e. The van der Waals surface area contributed by atoms with Gasteiger partial charge >= 0.3 is 0 Å².